The molecule has 0 aromatic heterocycles. The van der Waals surface area contributed by atoms with Crippen molar-refractivity contribution < 1.29 is 4.74 Å². The highest BCUT2D eigenvalue weighted by Crippen LogP contribution is 2.22. The molecule has 2 nitrogen and oxygen atoms in total. The van der Waals surface area contributed by atoms with Crippen LogP contribution in [0.15, 0.2) is 30.3 Å². The number of rotatable bonds is 4. The SMILES string of the molecule is CCCOc1cccc(C(Cl)=CC#N)c1. The normalized spacial score (nSPS) is 10.9. The van der Waals surface area contributed by atoms with Crippen LogP contribution < -0.4 is 4.74 Å². The molecule has 0 amide bonds. The van der Waals surface area contributed by atoms with Crippen molar-refractivity contribution in [2.45, 2.75) is 13.3 Å². The molecule has 0 spiro atoms. The summed E-state index contributed by atoms with van der Waals surface area (Å²) in [5.41, 5.74) is 0.798. The van der Waals surface area contributed by atoms with Crippen molar-refractivity contribution in [1.82, 2.24) is 0 Å². The van der Waals surface area contributed by atoms with Gasteiger partial charge in [0, 0.05) is 6.08 Å². The summed E-state index contributed by atoms with van der Waals surface area (Å²) in [6.07, 6.45) is 2.27. The molecule has 0 saturated heterocycles. The maximum atomic E-state index is 8.47. The lowest BCUT2D eigenvalue weighted by atomic mass is 10.2. The number of ether oxygens (including phenoxy) is 1. The minimum atomic E-state index is 0.430. The second-order valence-electron chi connectivity index (χ2n) is 3.00. The van der Waals surface area contributed by atoms with Crippen LogP contribution in [0.1, 0.15) is 18.9 Å². The van der Waals surface area contributed by atoms with Crippen molar-refractivity contribution in [2.24, 2.45) is 0 Å². The van der Waals surface area contributed by atoms with Crippen molar-refractivity contribution in [1.29, 1.82) is 5.26 Å². The van der Waals surface area contributed by atoms with E-state index in [9.17, 15) is 0 Å². The fourth-order valence-corrected chi connectivity index (χ4v) is 1.26. The van der Waals surface area contributed by atoms with E-state index in [0.29, 0.717) is 11.6 Å². The fraction of sp³-hybridized carbons (Fsp3) is 0.250. The Morgan fingerprint density at radius 2 is 2.40 bits per heavy atom. The average molecular weight is 222 g/mol. The number of nitrogens with zero attached hydrogens (tertiary/aromatic N) is 1. The van der Waals surface area contributed by atoms with Crippen LogP contribution in [0, 0.1) is 11.3 Å². The van der Waals surface area contributed by atoms with E-state index in [0.717, 1.165) is 17.7 Å². The Hall–Kier alpha value is -1.46. The fourth-order valence-electron chi connectivity index (χ4n) is 1.09. The van der Waals surface area contributed by atoms with Gasteiger partial charge in [0.15, 0.2) is 0 Å². The summed E-state index contributed by atoms with van der Waals surface area (Å²) < 4.78 is 5.46. The van der Waals surface area contributed by atoms with Gasteiger partial charge in [-0.3, -0.25) is 0 Å². The van der Waals surface area contributed by atoms with Gasteiger partial charge in [-0.05, 0) is 24.1 Å². The summed E-state index contributed by atoms with van der Waals surface area (Å²) in [7, 11) is 0. The molecule has 1 aromatic rings. The molecule has 0 aliphatic carbocycles. The lowest BCUT2D eigenvalue weighted by molar-refractivity contribution is 0.317. The van der Waals surface area contributed by atoms with Crippen molar-refractivity contribution in [3.8, 4) is 11.8 Å². The van der Waals surface area contributed by atoms with Crippen LogP contribution in [0.3, 0.4) is 0 Å². The Kier molecular flexibility index (Phi) is 4.73. The zero-order chi connectivity index (χ0) is 11.1. The molecule has 0 aliphatic heterocycles. The van der Waals surface area contributed by atoms with E-state index in [1.54, 1.807) is 0 Å². The Balaban J connectivity index is 2.83. The molecule has 78 valence electrons. The van der Waals surface area contributed by atoms with Crippen molar-refractivity contribution in [2.75, 3.05) is 6.61 Å². The van der Waals surface area contributed by atoms with Crippen molar-refractivity contribution in [3.05, 3.63) is 35.9 Å². The van der Waals surface area contributed by atoms with Gasteiger partial charge >= 0.3 is 0 Å². The zero-order valence-corrected chi connectivity index (χ0v) is 9.29. The number of hydrogen-bond acceptors (Lipinski definition) is 2. The van der Waals surface area contributed by atoms with E-state index in [1.807, 2.05) is 37.3 Å². The molecule has 1 rings (SSSR count). The first-order valence-electron chi connectivity index (χ1n) is 4.76. The van der Waals surface area contributed by atoms with E-state index < -0.39 is 0 Å². The van der Waals surface area contributed by atoms with Gasteiger partial charge in [0.25, 0.3) is 0 Å². The summed E-state index contributed by atoms with van der Waals surface area (Å²) in [5, 5.41) is 8.90. The van der Waals surface area contributed by atoms with Crippen LogP contribution in [0.5, 0.6) is 5.75 Å². The number of allylic oxidation sites excluding steroid dienone is 1. The van der Waals surface area contributed by atoms with E-state index >= 15 is 0 Å². The van der Waals surface area contributed by atoms with Gasteiger partial charge in [-0.25, -0.2) is 0 Å². The van der Waals surface area contributed by atoms with E-state index in [4.69, 9.17) is 21.6 Å². The van der Waals surface area contributed by atoms with E-state index in [1.165, 1.54) is 6.08 Å². The summed E-state index contributed by atoms with van der Waals surface area (Å²) in [6.45, 7) is 2.73. The highest BCUT2D eigenvalue weighted by Gasteiger charge is 1.99. The van der Waals surface area contributed by atoms with Crippen LogP contribution in [0.2, 0.25) is 0 Å². The predicted octanol–water partition coefficient (Wildman–Crippen LogP) is 3.58. The number of nitriles is 1. The second-order valence-corrected chi connectivity index (χ2v) is 3.40. The molecular formula is C12H12ClNO. The molecule has 0 radical (unpaired) electrons. The third kappa shape index (κ3) is 3.65. The first kappa shape index (κ1) is 11.6. The van der Waals surface area contributed by atoms with Gasteiger partial charge < -0.3 is 4.74 Å². The molecule has 15 heavy (non-hydrogen) atoms. The van der Waals surface area contributed by atoms with Crippen LogP contribution in [0.25, 0.3) is 5.03 Å². The summed E-state index contributed by atoms with van der Waals surface area (Å²) in [6, 6.07) is 9.29. The molecular weight excluding hydrogens is 210 g/mol. The largest absolute Gasteiger partial charge is 0.494 e. The first-order chi connectivity index (χ1) is 7.27. The smallest absolute Gasteiger partial charge is 0.119 e. The average Bonchev–Trinajstić information content (AvgIpc) is 2.27. The quantitative estimate of drug-likeness (QED) is 0.728. The molecule has 0 saturated carbocycles. The van der Waals surface area contributed by atoms with Gasteiger partial charge in [0.2, 0.25) is 0 Å². The summed E-state index contributed by atoms with van der Waals surface area (Å²) in [4.78, 5) is 0. The van der Waals surface area contributed by atoms with Gasteiger partial charge in [-0.2, -0.15) is 5.26 Å². The summed E-state index contributed by atoms with van der Waals surface area (Å²) in [5.74, 6) is 0.777. The highest BCUT2D eigenvalue weighted by atomic mass is 35.5. The van der Waals surface area contributed by atoms with Crippen molar-refractivity contribution >= 4 is 16.6 Å². The topological polar surface area (TPSA) is 33.0 Å². The first-order valence-corrected chi connectivity index (χ1v) is 5.14. The molecule has 1 aromatic carbocycles. The van der Waals surface area contributed by atoms with Crippen LogP contribution in [0.4, 0.5) is 0 Å². The molecule has 3 heteroatoms. The Morgan fingerprint density at radius 1 is 1.60 bits per heavy atom. The van der Waals surface area contributed by atoms with E-state index in [-0.39, 0.29) is 0 Å². The maximum Gasteiger partial charge on any atom is 0.119 e. The van der Waals surface area contributed by atoms with Crippen LogP contribution >= 0.6 is 11.6 Å². The standard InChI is InChI=1S/C12H12ClNO/c1-2-8-15-11-5-3-4-10(9-11)12(13)6-7-14/h3-6,9H,2,8H2,1H3. The lowest BCUT2D eigenvalue weighted by Gasteiger charge is -2.05. The van der Waals surface area contributed by atoms with Gasteiger partial charge in [-0.15, -0.1) is 0 Å². The van der Waals surface area contributed by atoms with Gasteiger partial charge in [-0.1, -0.05) is 30.7 Å². The Labute approximate surface area is 94.7 Å². The lowest BCUT2D eigenvalue weighted by Crippen LogP contribution is -1.94. The highest BCUT2D eigenvalue weighted by molar-refractivity contribution is 6.49. The summed E-state index contributed by atoms with van der Waals surface area (Å²) >= 11 is 5.90. The number of halogens is 1. The molecule has 0 fully saturated rings. The third-order valence-corrected chi connectivity index (χ3v) is 2.10. The minimum Gasteiger partial charge on any atom is -0.494 e. The van der Waals surface area contributed by atoms with Crippen LogP contribution in [-0.4, -0.2) is 6.61 Å². The molecule has 0 atom stereocenters. The van der Waals surface area contributed by atoms with Crippen LogP contribution in [-0.2, 0) is 0 Å². The monoisotopic (exact) mass is 221 g/mol. The molecule has 0 N–H and O–H groups in total. The molecule has 0 bridgehead atoms. The van der Waals surface area contributed by atoms with Crippen molar-refractivity contribution in [3.63, 3.8) is 0 Å². The Bertz CT molecular complexity index is 393. The number of benzene rings is 1. The maximum absolute atomic E-state index is 8.47. The molecule has 0 heterocycles. The third-order valence-electron chi connectivity index (χ3n) is 1.77. The zero-order valence-electron chi connectivity index (χ0n) is 8.53. The molecule has 0 unspecified atom stereocenters. The van der Waals surface area contributed by atoms with E-state index in [2.05, 4.69) is 0 Å². The van der Waals surface area contributed by atoms with Gasteiger partial charge in [0.1, 0.15) is 5.75 Å². The van der Waals surface area contributed by atoms with Gasteiger partial charge in [0.05, 0.1) is 17.7 Å². The predicted molar refractivity (Wildman–Crippen MR) is 61.7 cm³/mol. The molecule has 0 aliphatic rings. The Morgan fingerprint density at radius 3 is 3.07 bits per heavy atom. The number of hydrogen-bond donors (Lipinski definition) is 0. The minimum absolute atomic E-state index is 0.430. The second kappa shape index (κ2) is 6.10.